The molecule has 112 valence electrons. The van der Waals surface area contributed by atoms with Crippen molar-refractivity contribution in [3.63, 3.8) is 0 Å². The molecule has 0 aliphatic carbocycles. The van der Waals surface area contributed by atoms with Gasteiger partial charge < -0.3 is 10.1 Å². The van der Waals surface area contributed by atoms with Crippen LogP contribution >= 0.6 is 0 Å². The summed E-state index contributed by atoms with van der Waals surface area (Å²) in [6.07, 6.45) is 0.864. The van der Waals surface area contributed by atoms with E-state index in [-0.39, 0.29) is 22.3 Å². The van der Waals surface area contributed by atoms with Crippen molar-refractivity contribution >= 4 is 5.69 Å². The van der Waals surface area contributed by atoms with E-state index in [1.807, 2.05) is 26.8 Å². The van der Waals surface area contributed by atoms with Gasteiger partial charge in [0.25, 0.3) is 5.69 Å². The molecule has 0 aliphatic rings. The topological polar surface area (TPSA) is 64.4 Å². The summed E-state index contributed by atoms with van der Waals surface area (Å²) in [4.78, 5) is 10.5. The van der Waals surface area contributed by atoms with Crippen LogP contribution in [0.25, 0.3) is 0 Å². The number of ether oxygens (including phenoxy) is 1. The van der Waals surface area contributed by atoms with Crippen LogP contribution in [0.15, 0.2) is 24.3 Å². The number of hydrogen-bond donors (Lipinski definition) is 1. The Balaban J connectivity index is 2.76. The number of nitro groups is 1. The minimum absolute atomic E-state index is 0.0923. The van der Waals surface area contributed by atoms with E-state index in [4.69, 9.17) is 4.74 Å². The Labute approximate surface area is 120 Å². The van der Waals surface area contributed by atoms with Gasteiger partial charge in [-0.15, -0.1) is 0 Å². The van der Waals surface area contributed by atoms with Gasteiger partial charge in [0.15, 0.2) is 0 Å². The molecule has 0 bridgehead atoms. The Kier molecular flexibility index (Phi) is 6.10. The molecule has 1 aromatic rings. The van der Waals surface area contributed by atoms with Crippen LogP contribution in [0.2, 0.25) is 0 Å². The standard InChI is InChI=1S/C15H24N2O3/c1-5-14(16-11-15(3,4)20-6-2)12-8-7-9-13(10-12)17(18)19/h7-10,14,16H,5-6,11H2,1-4H3. The molecule has 0 heterocycles. The molecule has 5 nitrogen and oxygen atoms in total. The van der Waals surface area contributed by atoms with E-state index in [2.05, 4.69) is 12.2 Å². The van der Waals surface area contributed by atoms with Gasteiger partial charge in [-0.2, -0.15) is 0 Å². The molecule has 0 aromatic heterocycles. The molecule has 0 fully saturated rings. The molecule has 0 aliphatic heterocycles. The van der Waals surface area contributed by atoms with Crippen LogP contribution in [0.4, 0.5) is 5.69 Å². The van der Waals surface area contributed by atoms with Gasteiger partial charge in [0.2, 0.25) is 0 Å². The number of rotatable bonds is 8. The Morgan fingerprint density at radius 2 is 2.10 bits per heavy atom. The molecular weight excluding hydrogens is 256 g/mol. The first-order chi connectivity index (χ1) is 9.39. The first-order valence-corrected chi connectivity index (χ1v) is 7.01. The van der Waals surface area contributed by atoms with Crippen LogP contribution in [0.5, 0.6) is 0 Å². The second kappa shape index (κ2) is 7.36. The van der Waals surface area contributed by atoms with Crippen molar-refractivity contribution in [1.29, 1.82) is 0 Å². The van der Waals surface area contributed by atoms with Crippen molar-refractivity contribution in [3.05, 3.63) is 39.9 Å². The van der Waals surface area contributed by atoms with Gasteiger partial charge in [0.05, 0.1) is 10.5 Å². The highest BCUT2D eigenvalue weighted by molar-refractivity contribution is 5.35. The molecule has 0 saturated carbocycles. The summed E-state index contributed by atoms with van der Waals surface area (Å²) in [5, 5.41) is 14.3. The summed E-state index contributed by atoms with van der Waals surface area (Å²) in [6.45, 7) is 9.46. The average Bonchev–Trinajstić information content (AvgIpc) is 2.39. The van der Waals surface area contributed by atoms with Gasteiger partial charge in [-0.3, -0.25) is 10.1 Å². The van der Waals surface area contributed by atoms with Crippen LogP contribution < -0.4 is 5.32 Å². The number of non-ortho nitro benzene ring substituents is 1. The summed E-state index contributed by atoms with van der Waals surface area (Å²) < 4.78 is 5.65. The smallest absolute Gasteiger partial charge is 0.269 e. The molecule has 5 heteroatoms. The number of nitro benzene ring substituents is 1. The maximum atomic E-state index is 10.8. The first kappa shape index (κ1) is 16.6. The highest BCUT2D eigenvalue weighted by atomic mass is 16.6. The van der Waals surface area contributed by atoms with Crippen molar-refractivity contribution in [2.45, 2.75) is 45.8 Å². The highest BCUT2D eigenvalue weighted by Crippen LogP contribution is 2.22. The lowest BCUT2D eigenvalue weighted by Crippen LogP contribution is -2.39. The Hall–Kier alpha value is -1.46. The summed E-state index contributed by atoms with van der Waals surface area (Å²) in [5.74, 6) is 0. The van der Waals surface area contributed by atoms with Crippen LogP contribution in [-0.4, -0.2) is 23.7 Å². The molecular formula is C15H24N2O3. The summed E-state index contributed by atoms with van der Waals surface area (Å²) in [6, 6.07) is 6.89. The van der Waals surface area contributed by atoms with Crippen molar-refractivity contribution in [2.75, 3.05) is 13.2 Å². The molecule has 1 unspecified atom stereocenters. The minimum Gasteiger partial charge on any atom is -0.375 e. The van der Waals surface area contributed by atoms with Gasteiger partial charge in [-0.05, 0) is 32.8 Å². The second-order valence-corrected chi connectivity index (χ2v) is 5.39. The maximum absolute atomic E-state index is 10.8. The van der Waals surface area contributed by atoms with Crippen LogP contribution in [0.3, 0.4) is 0 Å². The summed E-state index contributed by atoms with van der Waals surface area (Å²) in [7, 11) is 0. The maximum Gasteiger partial charge on any atom is 0.269 e. The van der Waals surface area contributed by atoms with Gasteiger partial charge in [0.1, 0.15) is 0 Å². The highest BCUT2D eigenvalue weighted by Gasteiger charge is 2.20. The van der Waals surface area contributed by atoms with E-state index in [9.17, 15) is 10.1 Å². The Bertz CT molecular complexity index is 446. The molecule has 1 aromatic carbocycles. The lowest BCUT2D eigenvalue weighted by molar-refractivity contribution is -0.384. The number of nitrogens with zero attached hydrogens (tertiary/aromatic N) is 1. The quantitative estimate of drug-likeness (QED) is 0.585. The molecule has 20 heavy (non-hydrogen) atoms. The lowest BCUT2D eigenvalue weighted by Gasteiger charge is -2.28. The zero-order chi connectivity index (χ0) is 15.2. The molecule has 0 spiro atoms. The van der Waals surface area contributed by atoms with Gasteiger partial charge in [-0.25, -0.2) is 0 Å². The van der Waals surface area contributed by atoms with Crippen molar-refractivity contribution in [2.24, 2.45) is 0 Å². The molecule has 1 rings (SSSR count). The van der Waals surface area contributed by atoms with E-state index in [1.54, 1.807) is 12.1 Å². The third kappa shape index (κ3) is 4.90. The zero-order valence-corrected chi connectivity index (χ0v) is 12.7. The van der Waals surface area contributed by atoms with E-state index < -0.39 is 0 Å². The van der Waals surface area contributed by atoms with Crippen molar-refractivity contribution in [1.82, 2.24) is 5.32 Å². The van der Waals surface area contributed by atoms with Gasteiger partial charge >= 0.3 is 0 Å². The van der Waals surface area contributed by atoms with Gasteiger partial charge in [0, 0.05) is 31.3 Å². The fourth-order valence-corrected chi connectivity index (χ4v) is 2.16. The largest absolute Gasteiger partial charge is 0.375 e. The van der Waals surface area contributed by atoms with E-state index in [1.165, 1.54) is 6.07 Å². The minimum atomic E-state index is -0.361. The Morgan fingerprint density at radius 1 is 1.40 bits per heavy atom. The fourth-order valence-electron chi connectivity index (χ4n) is 2.16. The van der Waals surface area contributed by atoms with Crippen molar-refractivity contribution in [3.8, 4) is 0 Å². The summed E-state index contributed by atoms with van der Waals surface area (Å²) >= 11 is 0. The molecule has 0 saturated heterocycles. The summed E-state index contributed by atoms with van der Waals surface area (Å²) in [5.41, 5.74) is 0.823. The van der Waals surface area contributed by atoms with E-state index in [0.717, 1.165) is 12.0 Å². The number of nitrogens with one attached hydrogen (secondary N) is 1. The van der Waals surface area contributed by atoms with Gasteiger partial charge in [-0.1, -0.05) is 19.1 Å². The normalized spacial score (nSPS) is 13.2. The van der Waals surface area contributed by atoms with Crippen LogP contribution in [0, 0.1) is 10.1 Å². The molecule has 0 amide bonds. The second-order valence-electron chi connectivity index (χ2n) is 5.39. The average molecular weight is 280 g/mol. The number of hydrogen-bond acceptors (Lipinski definition) is 4. The number of benzene rings is 1. The van der Waals surface area contributed by atoms with E-state index in [0.29, 0.717) is 13.2 Å². The molecule has 0 radical (unpaired) electrons. The first-order valence-electron chi connectivity index (χ1n) is 7.01. The Morgan fingerprint density at radius 3 is 2.65 bits per heavy atom. The zero-order valence-electron chi connectivity index (χ0n) is 12.7. The third-order valence-electron chi connectivity index (χ3n) is 3.20. The third-order valence-corrected chi connectivity index (χ3v) is 3.20. The van der Waals surface area contributed by atoms with Crippen LogP contribution in [-0.2, 0) is 4.74 Å². The lowest BCUT2D eigenvalue weighted by atomic mass is 10.0. The molecule has 1 N–H and O–H groups in total. The van der Waals surface area contributed by atoms with Crippen molar-refractivity contribution < 1.29 is 9.66 Å². The van der Waals surface area contributed by atoms with E-state index >= 15 is 0 Å². The predicted molar refractivity (Wildman–Crippen MR) is 79.8 cm³/mol. The monoisotopic (exact) mass is 280 g/mol. The fraction of sp³-hybridized carbons (Fsp3) is 0.600. The van der Waals surface area contributed by atoms with Crippen LogP contribution in [0.1, 0.15) is 45.7 Å². The molecule has 1 atom stereocenters. The SMILES string of the molecule is CCOC(C)(C)CNC(CC)c1cccc([N+](=O)[O-])c1. The predicted octanol–water partition coefficient (Wildman–Crippen LogP) is 3.45.